The number of pyridine rings is 1. The molecule has 1 N–H and O–H groups in total. The van der Waals surface area contributed by atoms with E-state index in [1.54, 1.807) is 24.4 Å². The van der Waals surface area contributed by atoms with Crippen LogP contribution in [0.25, 0.3) is 0 Å². The lowest BCUT2D eigenvalue weighted by Gasteiger charge is -2.10. The number of nitrogens with one attached hydrogen (secondary N) is 1. The number of ether oxygens (including phenoxy) is 1. The Morgan fingerprint density at radius 1 is 1.33 bits per heavy atom. The van der Waals surface area contributed by atoms with Gasteiger partial charge < -0.3 is 10.1 Å². The monoisotopic (exact) mass is 308 g/mol. The van der Waals surface area contributed by atoms with Gasteiger partial charge >= 0.3 is 0 Å². The van der Waals surface area contributed by atoms with E-state index in [0.29, 0.717) is 23.2 Å². The molecule has 0 aliphatic carbocycles. The standard InChI is InChI=1S/C16H18ClFN2O/c1-11(2)8-19-9-12-6-15(17)16(20-10-12)21-14-5-3-4-13(18)7-14/h3-7,10-11,19H,8-9H2,1-2H3. The Morgan fingerprint density at radius 3 is 2.81 bits per heavy atom. The van der Waals surface area contributed by atoms with Crippen molar-refractivity contribution in [1.82, 2.24) is 10.3 Å². The topological polar surface area (TPSA) is 34.2 Å². The molecule has 0 saturated carbocycles. The largest absolute Gasteiger partial charge is 0.437 e. The van der Waals surface area contributed by atoms with E-state index in [2.05, 4.69) is 24.1 Å². The van der Waals surface area contributed by atoms with Crippen molar-refractivity contribution in [2.75, 3.05) is 6.54 Å². The second-order valence-corrected chi connectivity index (χ2v) is 5.62. The van der Waals surface area contributed by atoms with Crippen LogP contribution in [0.1, 0.15) is 19.4 Å². The summed E-state index contributed by atoms with van der Waals surface area (Å²) in [4.78, 5) is 4.18. The zero-order valence-electron chi connectivity index (χ0n) is 12.1. The van der Waals surface area contributed by atoms with Gasteiger partial charge in [-0.25, -0.2) is 9.37 Å². The van der Waals surface area contributed by atoms with Crippen LogP contribution in [0, 0.1) is 11.7 Å². The van der Waals surface area contributed by atoms with Gasteiger partial charge in [0.25, 0.3) is 0 Å². The van der Waals surface area contributed by atoms with E-state index >= 15 is 0 Å². The van der Waals surface area contributed by atoms with E-state index in [1.165, 1.54) is 12.1 Å². The molecule has 0 unspecified atom stereocenters. The number of halogens is 2. The molecule has 0 aliphatic heterocycles. The first-order valence-electron chi connectivity index (χ1n) is 6.83. The average Bonchev–Trinajstić information content (AvgIpc) is 2.41. The molecule has 112 valence electrons. The van der Waals surface area contributed by atoms with E-state index < -0.39 is 0 Å². The summed E-state index contributed by atoms with van der Waals surface area (Å²) in [6.45, 7) is 5.92. The molecule has 0 amide bonds. The maximum atomic E-state index is 13.1. The predicted octanol–water partition coefficient (Wildman–Crippen LogP) is 4.41. The highest BCUT2D eigenvalue weighted by molar-refractivity contribution is 6.31. The number of rotatable bonds is 6. The van der Waals surface area contributed by atoms with Crippen molar-refractivity contribution in [2.24, 2.45) is 5.92 Å². The summed E-state index contributed by atoms with van der Waals surface area (Å²) in [7, 11) is 0. The maximum Gasteiger partial charge on any atom is 0.238 e. The molecule has 0 spiro atoms. The summed E-state index contributed by atoms with van der Waals surface area (Å²) in [5.41, 5.74) is 0.979. The van der Waals surface area contributed by atoms with Crippen molar-refractivity contribution in [3.63, 3.8) is 0 Å². The SMILES string of the molecule is CC(C)CNCc1cnc(Oc2cccc(F)c2)c(Cl)c1. The molecule has 0 aliphatic rings. The quantitative estimate of drug-likeness (QED) is 0.858. The highest BCUT2D eigenvalue weighted by Gasteiger charge is 2.07. The van der Waals surface area contributed by atoms with Crippen molar-refractivity contribution in [3.8, 4) is 11.6 Å². The van der Waals surface area contributed by atoms with Gasteiger partial charge in [-0.15, -0.1) is 0 Å². The van der Waals surface area contributed by atoms with Crippen molar-refractivity contribution >= 4 is 11.6 Å². The van der Waals surface area contributed by atoms with Crippen LogP contribution in [-0.4, -0.2) is 11.5 Å². The van der Waals surface area contributed by atoms with Gasteiger partial charge in [0, 0.05) is 18.8 Å². The molecular weight excluding hydrogens is 291 g/mol. The Balaban J connectivity index is 2.02. The van der Waals surface area contributed by atoms with Crippen molar-refractivity contribution in [3.05, 3.63) is 52.9 Å². The van der Waals surface area contributed by atoms with Gasteiger partial charge in [-0.2, -0.15) is 0 Å². The maximum absolute atomic E-state index is 13.1. The first-order chi connectivity index (χ1) is 10.0. The molecule has 1 heterocycles. The van der Waals surface area contributed by atoms with Gasteiger partial charge in [-0.1, -0.05) is 31.5 Å². The van der Waals surface area contributed by atoms with E-state index in [-0.39, 0.29) is 11.7 Å². The van der Waals surface area contributed by atoms with Crippen LogP contribution in [-0.2, 0) is 6.54 Å². The molecule has 0 atom stereocenters. The molecule has 1 aromatic carbocycles. The van der Waals surface area contributed by atoms with Crippen LogP contribution in [0.2, 0.25) is 5.02 Å². The van der Waals surface area contributed by atoms with Crippen LogP contribution in [0.5, 0.6) is 11.6 Å². The molecule has 0 bridgehead atoms. The Hall–Kier alpha value is -1.65. The zero-order chi connectivity index (χ0) is 15.2. The van der Waals surface area contributed by atoms with Gasteiger partial charge in [0.05, 0.1) is 0 Å². The third kappa shape index (κ3) is 4.99. The molecule has 0 saturated heterocycles. The minimum absolute atomic E-state index is 0.273. The minimum Gasteiger partial charge on any atom is -0.437 e. The lowest BCUT2D eigenvalue weighted by atomic mass is 10.2. The molecule has 5 heteroatoms. The smallest absolute Gasteiger partial charge is 0.238 e. The fraction of sp³-hybridized carbons (Fsp3) is 0.312. The fourth-order valence-electron chi connectivity index (χ4n) is 1.78. The number of hydrogen-bond acceptors (Lipinski definition) is 3. The third-order valence-corrected chi connectivity index (χ3v) is 3.03. The summed E-state index contributed by atoms with van der Waals surface area (Å²) in [5.74, 6) is 0.868. The van der Waals surface area contributed by atoms with Gasteiger partial charge in [0.2, 0.25) is 5.88 Å². The lowest BCUT2D eigenvalue weighted by molar-refractivity contribution is 0.457. The first kappa shape index (κ1) is 15.7. The number of hydrogen-bond donors (Lipinski definition) is 1. The Labute approximate surface area is 129 Å². The van der Waals surface area contributed by atoms with Crippen LogP contribution in [0.3, 0.4) is 0 Å². The summed E-state index contributed by atoms with van der Waals surface area (Å²) < 4.78 is 18.6. The Bertz CT molecular complexity index is 605. The Morgan fingerprint density at radius 2 is 2.14 bits per heavy atom. The average molecular weight is 309 g/mol. The lowest BCUT2D eigenvalue weighted by Crippen LogP contribution is -2.19. The molecular formula is C16H18ClFN2O. The number of benzene rings is 1. The van der Waals surface area contributed by atoms with Crippen molar-refractivity contribution in [2.45, 2.75) is 20.4 Å². The number of nitrogens with zero attached hydrogens (tertiary/aromatic N) is 1. The fourth-order valence-corrected chi connectivity index (χ4v) is 2.01. The Kier molecular flexibility index (Phi) is 5.53. The molecule has 3 nitrogen and oxygen atoms in total. The summed E-state index contributed by atoms with van der Waals surface area (Å²) in [6, 6.07) is 7.67. The van der Waals surface area contributed by atoms with Crippen LogP contribution in [0.15, 0.2) is 36.5 Å². The van der Waals surface area contributed by atoms with E-state index in [1.807, 2.05) is 0 Å². The van der Waals surface area contributed by atoms with E-state index in [4.69, 9.17) is 16.3 Å². The second-order valence-electron chi connectivity index (χ2n) is 5.21. The molecule has 1 aromatic heterocycles. The van der Waals surface area contributed by atoms with Gasteiger partial charge in [-0.3, -0.25) is 0 Å². The van der Waals surface area contributed by atoms with E-state index in [0.717, 1.165) is 12.1 Å². The number of aromatic nitrogens is 1. The third-order valence-electron chi connectivity index (χ3n) is 2.76. The first-order valence-corrected chi connectivity index (χ1v) is 7.21. The molecule has 2 aromatic rings. The van der Waals surface area contributed by atoms with Crippen molar-refractivity contribution < 1.29 is 9.13 Å². The molecule has 0 radical (unpaired) electrons. The highest BCUT2D eigenvalue weighted by atomic mass is 35.5. The predicted molar refractivity (Wildman–Crippen MR) is 82.3 cm³/mol. The van der Waals surface area contributed by atoms with Crippen molar-refractivity contribution in [1.29, 1.82) is 0 Å². The summed E-state index contributed by atoms with van der Waals surface area (Å²) in [5, 5.41) is 3.72. The second kappa shape index (κ2) is 7.38. The van der Waals surface area contributed by atoms with Crippen LogP contribution >= 0.6 is 11.6 Å². The highest BCUT2D eigenvalue weighted by Crippen LogP contribution is 2.27. The van der Waals surface area contributed by atoms with E-state index in [9.17, 15) is 4.39 Å². The van der Waals surface area contributed by atoms with Gasteiger partial charge in [-0.05, 0) is 36.2 Å². The summed E-state index contributed by atoms with van der Waals surface area (Å²) >= 11 is 6.15. The normalized spacial score (nSPS) is 10.9. The summed E-state index contributed by atoms with van der Waals surface area (Å²) in [6.07, 6.45) is 1.70. The zero-order valence-corrected chi connectivity index (χ0v) is 12.8. The molecule has 21 heavy (non-hydrogen) atoms. The minimum atomic E-state index is -0.363. The molecule has 0 fully saturated rings. The van der Waals surface area contributed by atoms with Crippen LogP contribution in [0.4, 0.5) is 4.39 Å². The van der Waals surface area contributed by atoms with Crippen LogP contribution < -0.4 is 10.1 Å². The molecule has 2 rings (SSSR count). The van der Waals surface area contributed by atoms with Gasteiger partial charge in [0.15, 0.2) is 0 Å². The van der Waals surface area contributed by atoms with Gasteiger partial charge in [0.1, 0.15) is 16.6 Å².